The van der Waals surface area contributed by atoms with Crippen LogP contribution in [0.4, 0.5) is 0 Å². The maximum Gasteiger partial charge on any atom is 0.00699 e. The molecule has 0 spiro atoms. The molecule has 1 saturated heterocycles. The minimum Gasteiger partial charge on any atom is -0.314 e. The third-order valence-electron chi connectivity index (χ3n) is 6.28. The Kier molecular flexibility index (Phi) is 8.14. The zero-order chi connectivity index (χ0) is 14.9. The number of piperidine rings is 1. The fourth-order valence-corrected chi connectivity index (χ4v) is 4.97. The molecule has 0 amide bonds. The van der Waals surface area contributed by atoms with Crippen molar-refractivity contribution in [3.63, 3.8) is 0 Å². The van der Waals surface area contributed by atoms with Crippen LogP contribution in [0.15, 0.2) is 0 Å². The lowest BCUT2D eigenvalue weighted by Gasteiger charge is -2.39. The summed E-state index contributed by atoms with van der Waals surface area (Å²) in [5, 5.41) is 3.82. The van der Waals surface area contributed by atoms with Gasteiger partial charge in [-0.25, -0.2) is 0 Å². The topological polar surface area (TPSA) is 12.0 Å². The summed E-state index contributed by atoms with van der Waals surface area (Å²) in [4.78, 5) is 0. The molecule has 0 radical (unpaired) electrons. The van der Waals surface area contributed by atoms with Crippen LogP contribution < -0.4 is 5.32 Å². The molecule has 21 heavy (non-hydrogen) atoms. The summed E-state index contributed by atoms with van der Waals surface area (Å²) in [7, 11) is 0. The fourth-order valence-electron chi connectivity index (χ4n) is 4.97. The molecular weight excluding hydrogens is 254 g/mol. The molecule has 1 heterocycles. The number of unbranched alkanes of at least 4 members (excludes halogenated alkanes) is 1. The molecule has 3 unspecified atom stereocenters. The van der Waals surface area contributed by atoms with E-state index < -0.39 is 0 Å². The number of hydrogen-bond acceptors (Lipinski definition) is 1. The summed E-state index contributed by atoms with van der Waals surface area (Å²) < 4.78 is 0. The Morgan fingerprint density at radius 1 is 0.952 bits per heavy atom. The van der Waals surface area contributed by atoms with Gasteiger partial charge in [0.2, 0.25) is 0 Å². The van der Waals surface area contributed by atoms with Gasteiger partial charge in [0.25, 0.3) is 0 Å². The van der Waals surface area contributed by atoms with Crippen LogP contribution in [-0.2, 0) is 0 Å². The van der Waals surface area contributed by atoms with Crippen molar-refractivity contribution >= 4 is 0 Å². The van der Waals surface area contributed by atoms with Gasteiger partial charge in [-0.3, -0.25) is 0 Å². The second-order valence-corrected chi connectivity index (χ2v) is 7.76. The molecule has 1 nitrogen and oxygen atoms in total. The lowest BCUT2D eigenvalue weighted by molar-refractivity contribution is 0.133. The first-order chi connectivity index (χ1) is 10.3. The van der Waals surface area contributed by atoms with E-state index in [9.17, 15) is 0 Å². The molecule has 124 valence electrons. The highest BCUT2D eigenvalue weighted by atomic mass is 14.9. The van der Waals surface area contributed by atoms with Gasteiger partial charge < -0.3 is 5.32 Å². The van der Waals surface area contributed by atoms with Crippen LogP contribution in [0.25, 0.3) is 0 Å². The normalized spacial score (nSPS) is 27.4. The van der Waals surface area contributed by atoms with Crippen molar-refractivity contribution in [3.05, 3.63) is 0 Å². The lowest BCUT2D eigenvalue weighted by atomic mass is 9.69. The molecule has 0 aromatic carbocycles. The Hall–Kier alpha value is -0.0400. The Labute approximate surface area is 133 Å². The lowest BCUT2D eigenvalue weighted by Crippen LogP contribution is -2.39. The predicted molar refractivity (Wildman–Crippen MR) is 93.6 cm³/mol. The van der Waals surface area contributed by atoms with Crippen LogP contribution in [0.1, 0.15) is 97.3 Å². The Morgan fingerprint density at radius 3 is 2.33 bits per heavy atom. The van der Waals surface area contributed by atoms with E-state index in [1.54, 1.807) is 0 Å². The van der Waals surface area contributed by atoms with Crippen LogP contribution in [0.3, 0.4) is 0 Å². The molecule has 3 atom stereocenters. The summed E-state index contributed by atoms with van der Waals surface area (Å²) in [6.07, 6.45) is 19.0. The maximum atomic E-state index is 3.82. The van der Waals surface area contributed by atoms with Crippen molar-refractivity contribution in [3.8, 4) is 0 Å². The molecule has 1 heteroatoms. The van der Waals surface area contributed by atoms with Crippen LogP contribution >= 0.6 is 0 Å². The maximum absolute atomic E-state index is 3.82. The smallest absolute Gasteiger partial charge is 0.00699 e. The highest BCUT2D eigenvalue weighted by Crippen LogP contribution is 2.40. The molecule has 1 saturated carbocycles. The first kappa shape index (κ1) is 17.3. The van der Waals surface area contributed by atoms with E-state index in [-0.39, 0.29) is 0 Å². The van der Waals surface area contributed by atoms with Crippen LogP contribution in [0.5, 0.6) is 0 Å². The van der Waals surface area contributed by atoms with Crippen molar-refractivity contribution in [2.45, 2.75) is 103 Å². The Bertz CT molecular complexity index is 251. The van der Waals surface area contributed by atoms with Gasteiger partial charge in [-0.2, -0.15) is 0 Å². The van der Waals surface area contributed by atoms with E-state index in [1.165, 1.54) is 90.0 Å². The van der Waals surface area contributed by atoms with Crippen LogP contribution in [0.2, 0.25) is 0 Å². The van der Waals surface area contributed by atoms with Crippen LogP contribution in [-0.4, -0.2) is 12.6 Å². The quantitative estimate of drug-likeness (QED) is 0.584. The van der Waals surface area contributed by atoms with Gasteiger partial charge in [-0.15, -0.1) is 0 Å². The first-order valence-electron chi connectivity index (χ1n) is 10.1. The molecule has 0 bridgehead atoms. The van der Waals surface area contributed by atoms with Crippen molar-refractivity contribution in [1.82, 2.24) is 5.32 Å². The minimum atomic E-state index is 0.835. The molecule has 0 aromatic heterocycles. The molecule has 1 aliphatic heterocycles. The molecule has 1 aliphatic carbocycles. The minimum absolute atomic E-state index is 0.835. The molecule has 2 aliphatic rings. The van der Waals surface area contributed by atoms with E-state index >= 15 is 0 Å². The van der Waals surface area contributed by atoms with Gasteiger partial charge >= 0.3 is 0 Å². The van der Waals surface area contributed by atoms with Crippen LogP contribution in [0, 0.1) is 17.8 Å². The third-order valence-corrected chi connectivity index (χ3v) is 6.28. The summed E-state index contributed by atoms with van der Waals surface area (Å²) >= 11 is 0. The van der Waals surface area contributed by atoms with E-state index in [0.717, 1.165) is 23.8 Å². The number of nitrogens with one attached hydrogen (secondary N) is 1. The highest BCUT2D eigenvalue weighted by Gasteiger charge is 2.31. The Morgan fingerprint density at radius 2 is 1.71 bits per heavy atom. The summed E-state index contributed by atoms with van der Waals surface area (Å²) in [6.45, 7) is 6.07. The predicted octanol–water partition coefficient (Wildman–Crippen LogP) is 5.93. The number of hydrogen-bond donors (Lipinski definition) is 1. The van der Waals surface area contributed by atoms with Crippen molar-refractivity contribution in [2.75, 3.05) is 6.54 Å². The monoisotopic (exact) mass is 293 g/mol. The standard InChI is InChI=1S/C20H39N/c1-3-5-11-17(4-2)20(18-12-7-6-8-13-18)16-19-14-9-10-15-21-19/h17-21H,3-16H2,1-2H3. The van der Waals surface area contributed by atoms with Crippen molar-refractivity contribution < 1.29 is 0 Å². The van der Waals surface area contributed by atoms with E-state index in [4.69, 9.17) is 0 Å². The molecule has 0 aromatic rings. The van der Waals surface area contributed by atoms with Crippen molar-refractivity contribution in [2.24, 2.45) is 17.8 Å². The second-order valence-electron chi connectivity index (χ2n) is 7.76. The summed E-state index contributed by atoms with van der Waals surface area (Å²) in [5.41, 5.74) is 0. The largest absolute Gasteiger partial charge is 0.314 e. The summed E-state index contributed by atoms with van der Waals surface area (Å²) in [6, 6.07) is 0.835. The fraction of sp³-hybridized carbons (Fsp3) is 1.00. The zero-order valence-corrected chi connectivity index (χ0v) is 14.7. The molecule has 1 N–H and O–H groups in total. The van der Waals surface area contributed by atoms with Gasteiger partial charge in [-0.1, -0.05) is 78.1 Å². The third kappa shape index (κ3) is 5.58. The van der Waals surface area contributed by atoms with Gasteiger partial charge in [0.15, 0.2) is 0 Å². The Balaban J connectivity index is 1.96. The summed E-state index contributed by atoms with van der Waals surface area (Å²) in [5.74, 6) is 3.05. The molecular formula is C20H39N. The van der Waals surface area contributed by atoms with Gasteiger partial charge in [0, 0.05) is 6.04 Å². The van der Waals surface area contributed by atoms with E-state index in [2.05, 4.69) is 19.2 Å². The second kappa shape index (κ2) is 9.87. The average Bonchev–Trinajstić information content (AvgIpc) is 2.56. The van der Waals surface area contributed by atoms with Gasteiger partial charge in [-0.05, 0) is 43.6 Å². The zero-order valence-electron chi connectivity index (χ0n) is 14.7. The van der Waals surface area contributed by atoms with E-state index in [1.807, 2.05) is 0 Å². The van der Waals surface area contributed by atoms with Crippen molar-refractivity contribution in [1.29, 1.82) is 0 Å². The first-order valence-corrected chi connectivity index (χ1v) is 10.1. The average molecular weight is 294 g/mol. The van der Waals surface area contributed by atoms with E-state index in [0.29, 0.717) is 0 Å². The number of rotatable bonds is 8. The molecule has 2 fully saturated rings. The SMILES string of the molecule is CCCCC(CC)C(CC1CCCCN1)C1CCCCC1. The molecule has 2 rings (SSSR count). The van der Waals surface area contributed by atoms with Gasteiger partial charge in [0.05, 0.1) is 0 Å². The van der Waals surface area contributed by atoms with Gasteiger partial charge in [0.1, 0.15) is 0 Å². The highest BCUT2D eigenvalue weighted by molar-refractivity contribution is 4.84.